The molecule has 0 aliphatic heterocycles. The Kier molecular flexibility index (Phi) is 15.6. The normalized spacial score (nSPS) is 11.7. The molecule has 0 radical (unpaired) electrons. The maximum absolute atomic E-state index is 4.82. The van der Waals surface area contributed by atoms with E-state index in [1.807, 2.05) is 35.1 Å². The van der Waals surface area contributed by atoms with Gasteiger partial charge in [-0.25, -0.2) is 9.97 Å². The van der Waals surface area contributed by atoms with Crippen LogP contribution >= 0.6 is 22.7 Å². The Balaban J connectivity index is 1.46. The number of unbranched alkanes of at least 4 members (excludes halogenated alkanes) is 9. The number of pyridine rings is 2. The molecule has 0 amide bonds. The largest absolute Gasteiger partial charge is 0.311 e. The number of hydrogen-bond donors (Lipinski definition) is 0. The van der Waals surface area contributed by atoms with Crippen LogP contribution in [0.1, 0.15) is 128 Å². The maximum atomic E-state index is 4.82. The Labute approximate surface area is 281 Å². The van der Waals surface area contributed by atoms with E-state index in [9.17, 15) is 0 Å². The summed E-state index contributed by atoms with van der Waals surface area (Å²) < 4.78 is 0. The predicted octanol–water partition coefficient (Wildman–Crippen LogP) is 12.9. The summed E-state index contributed by atoms with van der Waals surface area (Å²) in [5, 5.41) is 0. The van der Waals surface area contributed by atoms with Crippen LogP contribution in [0, 0.1) is 0 Å². The summed E-state index contributed by atoms with van der Waals surface area (Å²) in [5.41, 5.74) is 2.33. The van der Waals surface area contributed by atoms with E-state index in [0.29, 0.717) is 0 Å². The van der Waals surface area contributed by atoms with Gasteiger partial charge in [0.15, 0.2) is 0 Å². The molecule has 0 aliphatic rings. The quantitative estimate of drug-likeness (QED) is 0.0849. The monoisotopic (exact) mass is 639 g/mol. The molecule has 4 rings (SSSR count). The lowest BCUT2D eigenvalue weighted by molar-refractivity contribution is 0.664. The zero-order chi connectivity index (χ0) is 31.5. The van der Waals surface area contributed by atoms with Gasteiger partial charge in [-0.15, -0.1) is 22.7 Å². The van der Waals surface area contributed by atoms with Crippen molar-refractivity contribution in [2.24, 2.45) is 0 Å². The summed E-state index contributed by atoms with van der Waals surface area (Å²) >= 11 is 3.83. The fourth-order valence-corrected chi connectivity index (χ4v) is 7.37. The first kappa shape index (κ1) is 34.8. The van der Waals surface area contributed by atoms with Crippen molar-refractivity contribution in [2.75, 3.05) is 11.4 Å². The molecule has 0 atom stereocenters. The summed E-state index contributed by atoms with van der Waals surface area (Å²) in [7, 11) is 0. The summed E-state index contributed by atoms with van der Waals surface area (Å²) in [6, 6.07) is 17.7. The highest BCUT2D eigenvalue weighted by molar-refractivity contribution is 7.13. The van der Waals surface area contributed by atoms with Gasteiger partial charge in [0.05, 0.1) is 0 Å². The van der Waals surface area contributed by atoms with Gasteiger partial charge < -0.3 is 4.90 Å². The molecule has 5 heteroatoms. The lowest BCUT2D eigenvalue weighted by Crippen LogP contribution is -2.21. The van der Waals surface area contributed by atoms with Crippen LogP contribution in [0.15, 0.2) is 60.9 Å². The van der Waals surface area contributed by atoms with E-state index in [1.165, 1.54) is 103 Å². The molecule has 0 aliphatic carbocycles. The van der Waals surface area contributed by atoms with E-state index in [1.54, 1.807) is 0 Å². The second-order valence-electron chi connectivity index (χ2n) is 12.0. The molecule has 0 aromatic carbocycles. The van der Waals surface area contributed by atoms with E-state index in [4.69, 9.17) is 9.97 Å². The van der Waals surface area contributed by atoms with Crippen molar-refractivity contribution in [1.29, 1.82) is 0 Å². The summed E-state index contributed by atoms with van der Waals surface area (Å²) in [4.78, 5) is 17.5. The summed E-state index contributed by atoms with van der Waals surface area (Å²) in [6.45, 7) is 7.71. The maximum Gasteiger partial charge on any atom is 0.134 e. The molecule has 0 saturated carbocycles. The van der Waals surface area contributed by atoms with E-state index in [-0.39, 0.29) is 0 Å². The van der Waals surface area contributed by atoms with Crippen LogP contribution < -0.4 is 4.90 Å². The molecule has 0 fully saturated rings. The third-order valence-corrected chi connectivity index (χ3v) is 10.3. The van der Waals surface area contributed by atoms with Crippen molar-refractivity contribution in [3.8, 4) is 0 Å². The number of hydrogen-bond acceptors (Lipinski definition) is 5. The zero-order valence-corrected chi connectivity index (χ0v) is 29.5. The molecule has 0 unspecified atom stereocenters. The van der Waals surface area contributed by atoms with Crippen LogP contribution in [0.25, 0.3) is 24.3 Å². The third kappa shape index (κ3) is 12.4. The molecule has 4 aromatic heterocycles. The van der Waals surface area contributed by atoms with E-state index < -0.39 is 0 Å². The molecule has 0 N–H and O–H groups in total. The highest BCUT2D eigenvalue weighted by Crippen LogP contribution is 2.27. The topological polar surface area (TPSA) is 29.0 Å². The van der Waals surface area contributed by atoms with Crippen molar-refractivity contribution in [3.05, 3.63) is 91.6 Å². The van der Waals surface area contributed by atoms with Gasteiger partial charge in [-0.1, -0.05) is 90.7 Å². The minimum atomic E-state index is 0.902. The number of anilines is 2. The minimum absolute atomic E-state index is 0.902. The Morgan fingerprint density at radius 1 is 0.533 bits per heavy atom. The van der Waals surface area contributed by atoms with Gasteiger partial charge >= 0.3 is 0 Å². The van der Waals surface area contributed by atoms with Crippen molar-refractivity contribution in [2.45, 2.75) is 111 Å². The number of aromatic nitrogens is 2. The van der Waals surface area contributed by atoms with Crippen LogP contribution in [0.5, 0.6) is 0 Å². The first-order valence-corrected chi connectivity index (χ1v) is 19.0. The molecule has 240 valence electrons. The molecule has 4 heterocycles. The van der Waals surface area contributed by atoms with Crippen molar-refractivity contribution in [1.82, 2.24) is 9.97 Å². The van der Waals surface area contributed by atoms with E-state index in [0.717, 1.165) is 35.7 Å². The zero-order valence-electron chi connectivity index (χ0n) is 27.8. The van der Waals surface area contributed by atoms with Gasteiger partial charge in [0.2, 0.25) is 0 Å². The third-order valence-electron chi connectivity index (χ3n) is 8.13. The second-order valence-corrected chi connectivity index (χ2v) is 14.4. The van der Waals surface area contributed by atoms with Crippen LogP contribution in [-0.4, -0.2) is 16.5 Å². The number of rotatable bonds is 21. The Morgan fingerprint density at radius 3 is 1.47 bits per heavy atom. The summed E-state index contributed by atoms with van der Waals surface area (Å²) in [6.07, 6.45) is 30.5. The SMILES string of the molecule is CCCCCCc1ccc(/C=C/c2ccnc(N(CCCCCC)c3cc(/C=C/c4ccc(CCCCCC)s4)ccn3)c2)s1. The van der Waals surface area contributed by atoms with Crippen LogP contribution in [0.3, 0.4) is 0 Å². The molecule has 0 spiro atoms. The van der Waals surface area contributed by atoms with E-state index >= 15 is 0 Å². The Bertz CT molecular complexity index is 1340. The average molecular weight is 640 g/mol. The van der Waals surface area contributed by atoms with Crippen molar-refractivity contribution in [3.63, 3.8) is 0 Å². The lowest BCUT2D eigenvalue weighted by atomic mass is 10.1. The van der Waals surface area contributed by atoms with Gasteiger partial charge in [0.1, 0.15) is 11.6 Å². The predicted molar refractivity (Wildman–Crippen MR) is 202 cm³/mol. The first-order valence-electron chi connectivity index (χ1n) is 17.4. The summed E-state index contributed by atoms with van der Waals surface area (Å²) in [5.74, 6) is 1.91. The van der Waals surface area contributed by atoms with E-state index in [2.05, 4.69) is 98.5 Å². The average Bonchev–Trinajstić information content (AvgIpc) is 3.73. The minimum Gasteiger partial charge on any atom is -0.311 e. The van der Waals surface area contributed by atoms with Crippen LogP contribution in [0.2, 0.25) is 0 Å². The van der Waals surface area contributed by atoms with Gasteiger partial charge in [0, 0.05) is 38.4 Å². The molecular weight excluding hydrogens is 587 g/mol. The highest BCUT2D eigenvalue weighted by atomic mass is 32.1. The van der Waals surface area contributed by atoms with Gasteiger partial charge in [-0.3, -0.25) is 0 Å². The van der Waals surface area contributed by atoms with Crippen LogP contribution in [-0.2, 0) is 12.8 Å². The van der Waals surface area contributed by atoms with Gasteiger partial charge in [0.25, 0.3) is 0 Å². The highest BCUT2D eigenvalue weighted by Gasteiger charge is 2.13. The van der Waals surface area contributed by atoms with Gasteiger partial charge in [-0.05, 0) is 104 Å². The van der Waals surface area contributed by atoms with Crippen LogP contribution in [0.4, 0.5) is 11.6 Å². The molecule has 45 heavy (non-hydrogen) atoms. The number of nitrogens with zero attached hydrogens (tertiary/aromatic N) is 3. The van der Waals surface area contributed by atoms with Gasteiger partial charge in [-0.2, -0.15) is 0 Å². The number of aryl methyl sites for hydroxylation is 2. The molecule has 3 nitrogen and oxygen atoms in total. The standard InChI is InChI=1S/C40H53N3S2/c1-4-7-10-13-16-35-22-24-37(44-35)20-18-33-26-28-41-39(31-33)43(30-15-12-9-6-3)40-32-34(27-29-42-40)19-21-38-25-23-36(45-38)17-14-11-8-5-2/h18-29,31-32H,4-17,30H2,1-3H3/b20-18+,21-19+. The molecule has 0 saturated heterocycles. The molecular formula is C40H53N3S2. The Morgan fingerprint density at radius 2 is 1.00 bits per heavy atom. The second kappa shape index (κ2) is 20.2. The Hall–Kier alpha value is -3.02. The fraction of sp³-hybridized carbons (Fsp3) is 0.450. The number of thiophene rings is 2. The first-order chi connectivity index (χ1) is 22.2. The van der Waals surface area contributed by atoms with Crippen molar-refractivity contribution >= 4 is 58.6 Å². The fourth-order valence-electron chi connectivity index (χ4n) is 5.46. The van der Waals surface area contributed by atoms with Crippen molar-refractivity contribution < 1.29 is 0 Å². The lowest BCUT2D eigenvalue weighted by Gasteiger charge is -2.23. The smallest absolute Gasteiger partial charge is 0.134 e. The molecule has 4 aromatic rings. The molecule has 0 bridgehead atoms.